The first-order chi connectivity index (χ1) is 13.6. The second-order valence-electron chi connectivity index (χ2n) is 6.78. The number of halogens is 1. The van der Waals surface area contributed by atoms with Gasteiger partial charge in [0, 0.05) is 53.5 Å². The summed E-state index contributed by atoms with van der Waals surface area (Å²) in [5.74, 6) is 2.04. The van der Waals surface area contributed by atoms with Gasteiger partial charge in [-0.15, -0.1) is 24.0 Å². The summed E-state index contributed by atoms with van der Waals surface area (Å²) >= 11 is 0. The van der Waals surface area contributed by atoms with E-state index in [-0.39, 0.29) is 41.2 Å². The van der Waals surface area contributed by atoms with Crippen LogP contribution in [0.25, 0.3) is 0 Å². The highest BCUT2D eigenvalue weighted by molar-refractivity contribution is 14.0. The summed E-state index contributed by atoms with van der Waals surface area (Å²) in [5.41, 5.74) is 0.598. The molecule has 1 amide bonds. The third-order valence-electron chi connectivity index (χ3n) is 4.90. The van der Waals surface area contributed by atoms with Crippen LogP contribution >= 0.6 is 24.0 Å². The molecule has 0 saturated heterocycles. The predicted molar refractivity (Wildman–Crippen MR) is 130 cm³/mol. The maximum Gasteiger partial charge on any atom is 0.251 e. The molecule has 29 heavy (non-hydrogen) atoms. The van der Waals surface area contributed by atoms with Gasteiger partial charge in [-0.2, -0.15) is 0 Å². The van der Waals surface area contributed by atoms with Crippen molar-refractivity contribution in [3.05, 3.63) is 29.8 Å². The van der Waals surface area contributed by atoms with Crippen molar-refractivity contribution < 1.29 is 13.7 Å². The van der Waals surface area contributed by atoms with Gasteiger partial charge in [0.05, 0.1) is 7.11 Å². The zero-order valence-corrected chi connectivity index (χ0v) is 20.5. The molecule has 7 nitrogen and oxygen atoms in total. The van der Waals surface area contributed by atoms with Crippen molar-refractivity contribution >= 4 is 46.6 Å². The Hall–Kier alpha value is -1.36. The van der Waals surface area contributed by atoms with Crippen LogP contribution in [0.15, 0.2) is 29.3 Å². The molecule has 3 unspecified atom stereocenters. The average Bonchev–Trinajstić information content (AvgIpc) is 2.75. The van der Waals surface area contributed by atoms with E-state index in [9.17, 15) is 9.00 Å². The molecule has 3 atom stereocenters. The predicted octanol–water partition coefficient (Wildman–Crippen LogP) is 2.29. The quantitative estimate of drug-likeness (QED) is 0.205. The standard InChI is InChI=1S/C20H32N4O3S.HI/c1-4-28(26)18-7-5-6-16(14-18)24-20(21-2)23-13-12-22-19(25)15-8-10-17(27-3)11-9-15;/h8-11,16,18H,4-7,12-14H2,1-3H3,(H,22,25)(H2,21,23,24);1H. The molecule has 1 saturated carbocycles. The molecule has 0 bridgehead atoms. The van der Waals surface area contributed by atoms with Gasteiger partial charge in [0.2, 0.25) is 0 Å². The Kier molecular flexibility index (Phi) is 12.2. The van der Waals surface area contributed by atoms with Crippen molar-refractivity contribution in [3.63, 3.8) is 0 Å². The van der Waals surface area contributed by atoms with Gasteiger partial charge >= 0.3 is 0 Å². The van der Waals surface area contributed by atoms with Crippen LogP contribution in [0.3, 0.4) is 0 Å². The van der Waals surface area contributed by atoms with Gasteiger partial charge in [-0.1, -0.05) is 13.3 Å². The first-order valence-corrected chi connectivity index (χ1v) is 11.2. The largest absolute Gasteiger partial charge is 0.497 e. The highest BCUT2D eigenvalue weighted by Gasteiger charge is 2.25. The van der Waals surface area contributed by atoms with E-state index < -0.39 is 10.8 Å². The molecule has 1 aliphatic rings. The highest BCUT2D eigenvalue weighted by atomic mass is 127. The Labute approximate surface area is 193 Å². The lowest BCUT2D eigenvalue weighted by Crippen LogP contribution is -2.48. The molecular weight excluding hydrogens is 503 g/mol. The van der Waals surface area contributed by atoms with Crippen LogP contribution in [-0.4, -0.2) is 60.4 Å². The first kappa shape index (κ1) is 25.7. The van der Waals surface area contributed by atoms with E-state index in [2.05, 4.69) is 20.9 Å². The van der Waals surface area contributed by atoms with Crippen LogP contribution in [0.2, 0.25) is 0 Å². The summed E-state index contributed by atoms with van der Waals surface area (Å²) in [6, 6.07) is 7.29. The van der Waals surface area contributed by atoms with E-state index in [1.165, 1.54) is 0 Å². The summed E-state index contributed by atoms with van der Waals surface area (Å²) in [6.07, 6.45) is 4.10. The number of aliphatic imine (C=N–C) groups is 1. The second-order valence-corrected chi connectivity index (χ2v) is 8.79. The lowest BCUT2D eigenvalue weighted by molar-refractivity contribution is 0.0954. The summed E-state index contributed by atoms with van der Waals surface area (Å²) < 4.78 is 17.2. The Balaban J connectivity index is 0.00000420. The number of nitrogens with one attached hydrogen (secondary N) is 3. The normalized spacial score (nSPS) is 20.2. The Morgan fingerprint density at radius 2 is 1.90 bits per heavy atom. The number of ether oxygens (including phenoxy) is 1. The van der Waals surface area contributed by atoms with E-state index in [0.29, 0.717) is 24.6 Å². The summed E-state index contributed by atoms with van der Waals surface area (Å²) in [4.78, 5) is 16.4. The third kappa shape index (κ3) is 8.49. The summed E-state index contributed by atoms with van der Waals surface area (Å²) in [6.45, 7) is 3.03. The highest BCUT2D eigenvalue weighted by Crippen LogP contribution is 2.22. The molecule has 1 aromatic carbocycles. The molecule has 1 fully saturated rings. The third-order valence-corrected chi connectivity index (χ3v) is 6.64. The number of amides is 1. The van der Waals surface area contributed by atoms with Gasteiger partial charge in [0.15, 0.2) is 5.96 Å². The molecule has 164 valence electrons. The first-order valence-electron chi connectivity index (χ1n) is 9.84. The van der Waals surface area contributed by atoms with Crippen LogP contribution < -0.4 is 20.7 Å². The smallest absolute Gasteiger partial charge is 0.251 e. The monoisotopic (exact) mass is 536 g/mol. The minimum Gasteiger partial charge on any atom is -0.497 e. The number of rotatable bonds is 8. The number of guanidine groups is 1. The Morgan fingerprint density at radius 3 is 2.52 bits per heavy atom. The van der Waals surface area contributed by atoms with Crippen molar-refractivity contribution in [2.75, 3.05) is 33.0 Å². The maximum atomic E-state index is 12.1. The molecule has 2 rings (SSSR count). The molecule has 1 aliphatic carbocycles. The molecule has 0 aromatic heterocycles. The molecule has 0 heterocycles. The van der Waals surface area contributed by atoms with Crippen LogP contribution in [0, 0.1) is 0 Å². The number of methoxy groups -OCH3 is 1. The van der Waals surface area contributed by atoms with Gasteiger partial charge < -0.3 is 20.7 Å². The zero-order chi connectivity index (χ0) is 20.4. The van der Waals surface area contributed by atoms with Gasteiger partial charge in [0.25, 0.3) is 5.91 Å². The van der Waals surface area contributed by atoms with E-state index in [0.717, 1.165) is 37.2 Å². The number of hydrogen-bond acceptors (Lipinski definition) is 4. The fraction of sp³-hybridized carbons (Fsp3) is 0.600. The molecule has 0 radical (unpaired) electrons. The van der Waals surface area contributed by atoms with Gasteiger partial charge in [-0.3, -0.25) is 14.0 Å². The fourth-order valence-corrected chi connectivity index (χ4v) is 4.69. The second kappa shape index (κ2) is 13.8. The number of benzene rings is 1. The number of hydrogen-bond donors (Lipinski definition) is 3. The van der Waals surface area contributed by atoms with Gasteiger partial charge in [-0.25, -0.2) is 0 Å². The average molecular weight is 536 g/mol. The molecule has 9 heteroatoms. The SMILES string of the molecule is CCS(=O)C1CCCC(NC(=NC)NCCNC(=O)c2ccc(OC)cc2)C1.I. The van der Waals surface area contributed by atoms with Crippen LogP contribution in [0.4, 0.5) is 0 Å². The number of nitrogens with zero attached hydrogens (tertiary/aromatic N) is 1. The lowest BCUT2D eigenvalue weighted by atomic mass is 9.95. The fourth-order valence-electron chi connectivity index (χ4n) is 3.34. The Bertz CT molecular complexity index is 685. The van der Waals surface area contributed by atoms with Crippen molar-refractivity contribution in [3.8, 4) is 5.75 Å². The van der Waals surface area contributed by atoms with Gasteiger partial charge in [0.1, 0.15) is 5.75 Å². The molecule has 0 spiro atoms. The van der Waals surface area contributed by atoms with Crippen molar-refractivity contribution in [1.29, 1.82) is 0 Å². The zero-order valence-electron chi connectivity index (χ0n) is 17.4. The van der Waals surface area contributed by atoms with Crippen molar-refractivity contribution in [2.24, 2.45) is 4.99 Å². The molecule has 1 aromatic rings. The summed E-state index contributed by atoms with van der Waals surface area (Å²) in [7, 11) is 2.59. The van der Waals surface area contributed by atoms with Crippen molar-refractivity contribution in [1.82, 2.24) is 16.0 Å². The number of carbonyl (C=O) groups is 1. The van der Waals surface area contributed by atoms with Crippen molar-refractivity contribution in [2.45, 2.75) is 43.9 Å². The van der Waals surface area contributed by atoms with Crippen LogP contribution in [0.5, 0.6) is 5.75 Å². The number of carbonyl (C=O) groups excluding carboxylic acids is 1. The van der Waals surface area contributed by atoms with E-state index in [4.69, 9.17) is 4.74 Å². The van der Waals surface area contributed by atoms with E-state index in [1.807, 2.05) is 6.92 Å². The summed E-state index contributed by atoms with van der Waals surface area (Å²) in [5, 5.41) is 9.81. The van der Waals surface area contributed by atoms with E-state index in [1.54, 1.807) is 38.4 Å². The van der Waals surface area contributed by atoms with E-state index >= 15 is 0 Å². The molecular formula is C20H33IN4O3S. The minimum absolute atomic E-state index is 0. The van der Waals surface area contributed by atoms with Crippen LogP contribution in [-0.2, 0) is 10.8 Å². The lowest BCUT2D eigenvalue weighted by Gasteiger charge is -2.30. The minimum atomic E-state index is -0.739. The van der Waals surface area contributed by atoms with Gasteiger partial charge in [-0.05, 0) is 43.5 Å². The topological polar surface area (TPSA) is 91.8 Å². The molecule has 0 aliphatic heterocycles. The Morgan fingerprint density at radius 1 is 1.21 bits per heavy atom. The maximum absolute atomic E-state index is 12.1. The van der Waals surface area contributed by atoms with Crippen LogP contribution in [0.1, 0.15) is 43.0 Å². The molecule has 3 N–H and O–H groups in total.